The number of hydrogen-bond acceptors (Lipinski definition) is 1. The van der Waals surface area contributed by atoms with Gasteiger partial charge >= 0.3 is 0 Å². The molecule has 0 heterocycles. The topological polar surface area (TPSA) is 9.23 Å². The maximum Gasteiger partial charge on any atom is 0.104 e. The Morgan fingerprint density at radius 2 is 1.60 bits per heavy atom. The van der Waals surface area contributed by atoms with Crippen LogP contribution in [-0.4, -0.2) is 7.11 Å². The highest BCUT2D eigenvalue weighted by Gasteiger charge is 2.39. The van der Waals surface area contributed by atoms with Crippen LogP contribution < -0.4 is 0 Å². The zero-order valence-corrected chi connectivity index (χ0v) is 15.0. The van der Waals surface area contributed by atoms with Gasteiger partial charge in [-0.3, -0.25) is 0 Å². The summed E-state index contributed by atoms with van der Waals surface area (Å²) >= 11 is 0. The van der Waals surface area contributed by atoms with E-state index in [1.165, 1.54) is 0 Å². The van der Waals surface area contributed by atoms with Crippen molar-refractivity contribution in [1.29, 1.82) is 0 Å². The Morgan fingerprint density at radius 3 is 2.20 bits per heavy atom. The van der Waals surface area contributed by atoms with Gasteiger partial charge in [0.05, 0.1) is 12.5 Å². The fraction of sp³-hybridized carbons (Fsp3) is 0.167. The lowest BCUT2D eigenvalue weighted by molar-refractivity contribution is 0.228. The Morgan fingerprint density at radius 1 is 0.960 bits per heavy atom. The molecule has 1 aliphatic carbocycles. The average Bonchev–Trinajstić information content (AvgIpc) is 2.95. The lowest BCUT2D eigenvalue weighted by Crippen LogP contribution is -2.34. The minimum atomic E-state index is -0.477. The smallest absolute Gasteiger partial charge is 0.104 e. The van der Waals surface area contributed by atoms with E-state index in [1.807, 2.05) is 49.4 Å². The van der Waals surface area contributed by atoms with Crippen molar-refractivity contribution in [3.8, 4) is 0 Å². The van der Waals surface area contributed by atoms with E-state index in [-0.39, 0.29) is 5.92 Å². The van der Waals surface area contributed by atoms with Crippen LogP contribution in [-0.2, 0) is 10.2 Å². The lowest BCUT2D eigenvalue weighted by Gasteiger charge is -2.37. The summed E-state index contributed by atoms with van der Waals surface area (Å²) in [5.74, 6) is 0.819. The third-order valence-corrected chi connectivity index (χ3v) is 4.34. The molecule has 0 aliphatic heterocycles. The molecule has 0 N–H and O–H groups in total. The first kappa shape index (κ1) is 18.5. The van der Waals surface area contributed by atoms with Crippen molar-refractivity contribution in [2.75, 3.05) is 7.11 Å². The molecule has 0 aromatic heterocycles. The van der Waals surface area contributed by atoms with Crippen LogP contribution in [0.15, 0.2) is 116 Å². The first-order chi connectivity index (χ1) is 12.3. The fourth-order valence-corrected chi connectivity index (χ4v) is 3.03. The molecule has 1 unspecified atom stereocenters. The predicted octanol–water partition coefficient (Wildman–Crippen LogP) is 6.07. The predicted molar refractivity (Wildman–Crippen MR) is 108 cm³/mol. The number of allylic oxidation sites excluding steroid dienone is 12. The van der Waals surface area contributed by atoms with Gasteiger partial charge in [-0.1, -0.05) is 110 Å². The molecule has 1 aliphatic rings. The third kappa shape index (κ3) is 4.39. The fourth-order valence-electron chi connectivity index (χ4n) is 3.03. The highest BCUT2D eigenvalue weighted by molar-refractivity contribution is 5.45. The SMILES string of the molecule is C=C(OC)C(/C=C/C=C\C=C/C)(c1ccccc1)C1C=CC=CC=C1. The second kappa shape index (κ2) is 9.48. The van der Waals surface area contributed by atoms with Gasteiger partial charge in [-0.15, -0.1) is 0 Å². The number of methoxy groups -OCH3 is 1. The van der Waals surface area contributed by atoms with Crippen LogP contribution in [0, 0.1) is 5.92 Å². The highest BCUT2D eigenvalue weighted by atomic mass is 16.5. The van der Waals surface area contributed by atoms with Crippen molar-refractivity contribution >= 4 is 0 Å². The summed E-state index contributed by atoms with van der Waals surface area (Å²) in [7, 11) is 1.69. The maximum absolute atomic E-state index is 5.67. The van der Waals surface area contributed by atoms with Crippen LogP contribution in [0.3, 0.4) is 0 Å². The van der Waals surface area contributed by atoms with E-state index in [0.717, 1.165) is 11.3 Å². The van der Waals surface area contributed by atoms with Gasteiger partial charge in [0.25, 0.3) is 0 Å². The van der Waals surface area contributed by atoms with Gasteiger partial charge in [0.2, 0.25) is 0 Å². The van der Waals surface area contributed by atoms with Crippen molar-refractivity contribution in [2.45, 2.75) is 12.3 Å². The molecule has 0 amide bonds. The molecule has 1 nitrogen and oxygen atoms in total. The first-order valence-electron chi connectivity index (χ1n) is 8.53. The second-order valence-electron chi connectivity index (χ2n) is 5.81. The summed E-state index contributed by atoms with van der Waals surface area (Å²) in [4.78, 5) is 0. The summed E-state index contributed by atoms with van der Waals surface area (Å²) in [6, 6.07) is 10.4. The Kier molecular flexibility index (Phi) is 7.03. The molecule has 0 spiro atoms. The molecule has 1 heteroatoms. The molecule has 1 aromatic carbocycles. The summed E-state index contributed by atoms with van der Waals surface area (Å²) in [5, 5.41) is 0. The number of benzene rings is 1. The van der Waals surface area contributed by atoms with Gasteiger partial charge < -0.3 is 4.74 Å². The van der Waals surface area contributed by atoms with Crippen molar-refractivity contribution in [3.63, 3.8) is 0 Å². The van der Waals surface area contributed by atoms with Crippen LogP contribution in [0.1, 0.15) is 12.5 Å². The minimum absolute atomic E-state index is 0.101. The van der Waals surface area contributed by atoms with Crippen LogP contribution >= 0.6 is 0 Å². The Labute approximate surface area is 151 Å². The van der Waals surface area contributed by atoms with E-state index in [9.17, 15) is 0 Å². The van der Waals surface area contributed by atoms with Crippen LogP contribution in [0.25, 0.3) is 0 Å². The molecule has 0 fully saturated rings. The maximum atomic E-state index is 5.67. The van der Waals surface area contributed by atoms with E-state index in [2.05, 4.69) is 67.3 Å². The summed E-state index contributed by atoms with van der Waals surface area (Å²) in [6.45, 7) is 6.25. The Balaban J connectivity index is 2.59. The van der Waals surface area contributed by atoms with E-state index in [1.54, 1.807) is 7.11 Å². The van der Waals surface area contributed by atoms with Crippen molar-refractivity contribution in [3.05, 3.63) is 121 Å². The lowest BCUT2D eigenvalue weighted by atomic mass is 9.68. The third-order valence-electron chi connectivity index (χ3n) is 4.34. The zero-order chi connectivity index (χ0) is 18.0. The van der Waals surface area contributed by atoms with E-state index in [4.69, 9.17) is 4.74 Å². The number of rotatable bonds is 7. The van der Waals surface area contributed by atoms with E-state index < -0.39 is 5.41 Å². The van der Waals surface area contributed by atoms with Gasteiger partial charge in [0.15, 0.2) is 0 Å². The van der Waals surface area contributed by atoms with Crippen molar-refractivity contribution < 1.29 is 4.74 Å². The van der Waals surface area contributed by atoms with Gasteiger partial charge in [-0.2, -0.15) is 0 Å². The first-order valence-corrected chi connectivity index (χ1v) is 8.53. The quantitative estimate of drug-likeness (QED) is 0.435. The van der Waals surface area contributed by atoms with Crippen LogP contribution in [0.2, 0.25) is 0 Å². The van der Waals surface area contributed by atoms with Crippen molar-refractivity contribution in [2.24, 2.45) is 5.92 Å². The van der Waals surface area contributed by atoms with Crippen LogP contribution in [0.4, 0.5) is 0 Å². The van der Waals surface area contributed by atoms with Gasteiger partial charge in [0, 0.05) is 5.92 Å². The molecule has 1 atom stereocenters. The molecule has 25 heavy (non-hydrogen) atoms. The average molecular weight is 330 g/mol. The molecule has 0 saturated carbocycles. The zero-order valence-electron chi connectivity index (χ0n) is 15.0. The van der Waals surface area contributed by atoms with Crippen LogP contribution in [0.5, 0.6) is 0 Å². The highest BCUT2D eigenvalue weighted by Crippen LogP contribution is 2.42. The van der Waals surface area contributed by atoms with E-state index >= 15 is 0 Å². The molecule has 0 radical (unpaired) electrons. The normalized spacial score (nSPS) is 17.4. The molecular formula is C24H26O. The van der Waals surface area contributed by atoms with Gasteiger partial charge in [-0.25, -0.2) is 0 Å². The van der Waals surface area contributed by atoms with E-state index in [0.29, 0.717) is 0 Å². The standard InChI is InChI=1S/C24H26O/c1-4-5-6-9-15-20-24(21(2)25-3,23-18-13-10-14-19-23)22-16-11-7-8-12-17-22/h4-20,22H,2H2,1,3H3/b5-4-,9-6-,20-15+. The number of hydrogen-bond donors (Lipinski definition) is 0. The largest absolute Gasteiger partial charge is 0.500 e. The Bertz CT molecular complexity index is 713. The summed E-state index contributed by atoms with van der Waals surface area (Å²) in [5.41, 5.74) is 0.675. The molecule has 0 saturated heterocycles. The molecule has 128 valence electrons. The van der Waals surface area contributed by atoms with Gasteiger partial charge in [0.1, 0.15) is 5.76 Å². The minimum Gasteiger partial charge on any atom is -0.500 e. The summed E-state index contributed by atoms with van der Waals surface area (Å²) < 4.78 is 5.67. The second-order valence-corrected chi connectivity index (χ2v) is 5.81. The Hall–Kier alpha value is -2.80. The summed E-state index contributed by atoms with van der Waals surface area (Å²) in [6.07, 6.45) is 24.9. The van der Waals surface area contributed by atoms with Crippen molar-refractivity contribution in [1.82, 2.24) is 0 Å². The molecule has 1 aromatic rings. The molecular weight excluding hydrogens is 304 g/mol. The monoisotopic (exact) mass is 330 g/mol. The van der Waals surface area contributed by atoms with Gasteiger partial charge in [-0.05, 0) is 12.5 Å². The number of ether oxygens (including phenoxy) is 1. The molecule has 2 rings (SSSR count). The molecule has 0 bridgehead atoms.